The van der Waals surface area contributed by atoms with E-state index < -0.39 is 17.2 Å². The molecular formula is C16H10N2O5. The lowest BCUT2D eigenvalue weighted by Gasteiger charge is -2.03. The van der Waals surface area contributed by atoms with E-state index in [2.05, 4.69) is 10.2 Å². The molecule has 0 bridgehead atoms. The van der Waals surface area contributed by atoms with Crippen molar-refractivity contribution in [2.24, 2.45) is 10.2 Å². The largest absolute Gasteiger partial charge is 0.506 e. The van der Waals surface area contributed by atoms with Gasteiger partial charge >= 0.3 is 5.97 Å². The first kappa shape index (κ1) is 14.5. The molecule has 3 rings (SSSR count). The molecule has 3 aromatic rings. The van der Waals surface area contributed by atoms with Gasteiger partial charge in [-0.25, -0.2) is 4.79 Å². The molecule has 0 fully saturated rings. The number of aromatic hydroxyl groups is 1. The molecule has 1 aromatic heterocycles. The predicted octanol–water partition coefficient (Wildman–Crippen LogP) is 3.61. The van der Waals surface area contributed by atoms with Gasteiger partial charge in [0.25, 0.3) is 0 Å². The van der Waals surface area contributed by atoms with Crippen LogP contribution in [0.15, 0.2) is 68.0 Å². The lowest BCUT2D eigenvalue weighted by molar-refractivity contribution is 0.0663. The van der Waals surface area contributed by atoms with Crippen molar-refractivity contribution in [3.05, 3.63) is 64.5 Å². The maximum absolute atomic E-state index is 12.2. The number of aromatic carboxylic acids is 1. The van der Waals surface area contributed by atoms with Crippen LogP contribution in [0.5, 0.6) is 5.75 Å². The Kier molecular flexibility index (Phi) is 3.60. The summed E-state index contributed by atoms with van der Waals surface area (Å²) in [5.74, 6) is -2.10. The van der Waals surface area contributed by atoms with Crippen LogP contribution in [-0.4, -0.2) is 16.2 Å². The fourth-order valence-electron chi connectivity index (χ4n) is 2.03. The number of rotatable bonds is 3. The summed E-state index contributed by atoms with van der Waals surface area (Å²) in [4.78, 5) is 23.1. The van der Waals surface area contributed by atoms with E-state index in [-0.39, 0.29) is 22.4 Å². The molecule has 0 saturated heterocycles. The van der Waals surface area contributed by atoms with E-state index in [0.717, 1.165) is 6.07 Å². The standard InChI is InChI=1S/C16H10N2O5/c19-10-6-7-12-14(11(20)8-13(23-12)16(21)22)15(10)18-17-9-4-2-1-3-5-9/h1-8,19H,(H,21,22)/b18-17-. The zero-order chi connectivity index (χ0) is 16.4. The molecule has 2 aromatic carbocycles. The summed E-state index contributed by atoms with van der Waals surface area (Å²) in [6.07, 6.45) is 0. The van der Waals surface area contributed by atoms with Crippen LogP contribution >= 0.6 is 0 Å². The molecule has 2 N–H and O–H groups in total. The molecule has 0 radical (unpaired) electrons. The number of fused-ring (bicyclic) bond motifs is 1. The van der Waals surface area contributed by atoms with Crippen LogP contribution in [0, 0.1) is 0 Å². The maximum Gasteiger partial charge on any atom is 0.371 e. The second-order valence-corrected chi connectivity index (χ2v) is 4.62. The Balaban J connectivity index is 2.20. The Hall–Kier alpha value is -3.48. The summed E-state index contributed by atoms with van der Waals surface area (Å²) < 4.78 is 5.14. The van der Waals surface area contributed by atoms with Gasteiger partial charge in [-0.05, 0) is 24.3 Å². The molecule has 0 aliphatic rings. The Bertz CT molecular complexity index is 977. The van der Waals surface area contributed by atoms with Gasteiger partial charge in [0.15, 0.2) is 5.43 Å². The number of benzene rings is 2. The van der Waals surface area contributed by atoms with Gasteiger partial charge < -0.3 is 14.6 Å². The van der Waals surface area contributed by atoms with Crippen molar-refractivity contribution in [1.29, 1.82) is 0 Å². The molecule has 0 amide bonds. The second-order valence-electron chi connectivity index (χ2n) is 4.62. The highest BCUT2D eigenvalue weighted by molar-refractivity contribution is 5.94. The van der Waals surface area contributed by atoms with Gasteiger partial charge in [0, 0.05) is 6.07 Å². The minimum Gasteiger partial charge on any atom is -0.506 e. The number of hydrogen-bond donors (Lipinski definition) is 2. The molecule has 0 unspecified atom stereocenters. The smallest absolute Gasteiger partial charge is 0.371 e. The van der Waals surface area contributed by atoms with Crippen molar-refractivity contribution in [1.82, 2.24) is 0 Å². The molecule has 0 saturated carbocycles. The molecule has 23 heavy (non-hydrogen) atoms. The maximum atomic E-state index is 12.2. The average Bonchev–Trinajstić information content (AvgIpc) is 2.55. The van der Waals surface area contributed by atoms with Crippen molar-refractivity contribution in [2.75, 3.05) is 0 Å². The molecule has 0 atom stereocenters. The third-order valence-corrected chi connectivity index (χ3v) is 3.08. The first-order valence-corrected chi connectivity index (χ1v) is 6.56. The van der Waals surface area contributed by atoms with Gasteiger partial charge in [0.2, 0.25) is 5.76 Å². The second kappa shape index (κ2) is 5.72. The first-order valence-electron chi connectivity index (χ1n) is 6.56. The van der Waals surface area contributed by atoms with Crippen LogP contribution in [-0.2, 0) is 0 Å². The average molecular weight is 310 g/mol. The molecule has 7 nitrogen and oxygen atoms in total. The Morgan fingerprint density at radius 1 is 1.04 bits per heavy atom. The summed E-state index contributed by atoms with van der Waals surface area (Å²) in [5, 5.41) is 26.7. The third-order valence-electron chi connectivity index (χ3n) is 3.08. The number of phenols is 1. The van der Waals surface area contributed by atoms with Crippen molar-refractivity contribution >= 4 is 28.3 Å². The molecule has 7 heteroatoms. The van der Waals surface area contributed by atoms with Crippen LogP contribution in [0.25, 0.3) is 11.0 Å². The van der Waals surface area contributed by atoms with Gasteiger partial charge in [-0.3, -0.25) is 4.79 Å². The molecule has 0 spiro atoms. The van der Waals surface area contributed by atoms with Gasteiger partial charge in [-0.1, -0.05) is 18.2 Å². The van der Waals surface area contributed by atoms with Crippen LogP contribution < -0.4 is 5.43 Å². The highest BCUT2D eigenvalue weighted by Crippen LogP contribution is 2.34. The number of azo groups is 1. The summed E-state index contributed by atoms with van der Waals surface area (Å²) in [7, 11) is 0. The van der Waals surface area contributed by atoms with Crippen LogP contribution in [0.4, 0.5) is 11.4 Å². The van der Waals surface area contributed by atoms with E-state index in [1.807, 2.05) is 6.07 Å². The number of hydrogen-bond acceptors (Lipinski definition) is 6. The SMILES string of the molecule is O=C(O)c1cc(=O)c2c(/N=N\c3ccccc3)c(O)ccc2o1. The number of phenolic OH excluding ortho intramolecular Hbond substituents is 1. The van der Waals surface area contributed by atoms with Crippen LogP contribution in [0.2, 0.25) is 0 Å². The Morgan fingerprint density at radius 3 is 2.48 bits per heavy atom. The first-order chi connectivity index (χ1) is 11.1. The number of carbonyl (C=O) groups is 1. The number of carboxylic acid groups (broad SMARTS) is 1. The minimum absolute atomic E-state index is 0.00899. The molecule has 1 heterocycles. The predicted molar refractivity (Wildman–Crippen MR) is 81.7 cm³/mol. The summed E-state index contributed by atoms with van der Waals surface area (Å²) in [6.45, 7) is 0. The van der Waals surface area contributed by atoms with Gasteiger partial charge in [-0.2, -0.15) is 5.11 Å². The summed E-state index contributed by atoms with van der Waals surface area (Å²) in [6, 6.07) is 12.2. The lowest BCUT2D eigenvalue weighted by Crippen LogP contribution is -2.06. The molecule has 0 aliphatic carbocycles. The van der Waals surface area contributed by atoms with E-state index in [1.165, 1.54) is 12.1 Å². The molecule has 114 valence electrons. The quantitative estimate of drug-likeness (QED) is 0.717. The third kappa shape index (κ3) is 2.80. The highest BCUT2D eigenvalue weighted by atomic mass is 16.4. The Morgan fingerprint density at radius 2 is 1.78 bits per heavy atom. The number of nitrogens with zero attached hydrogens (tertiary/aromatic N) is 2. The summed E-state index contributed by atoms with van der Waals surface area (Å²) in [5.41, 5.74) is -0.149. The minimum atomic E-state index is -1.36. The van der Waals surface area contributed by atoms with Gasteiger partial charge in [0.05, 0.1) is 11.1 Å². The molecular weight excluding hydrogens is 300 g/mol. The van der Waals surface area contributed by atoms with E-state index >= 15 is 0 Å². The van der Waals surface area contributed by atoms with Crippen LogP contribution in [0.3, 0.4) is 0 Å². The zero-order valence-electron chi connectivity index (χ0n) is 11.6. The van der Waals surface area contributed by atoms with Crippen molar-refractivity contribution < 1.29 is 19.4 Å². The monoisotopic (exact) mass is 310 g/mol. The Labute approximate surface area is 129 Å². The zero-order valence-corrected chi connectivity index (χ0v) is 11.6. The van der Waals surface area contributed by atoms with E-state index in [4.69, 9.17) is 9.52 Å². The van der Waals surface area contributed by atoms with Crippen molar-refractivity contribution in [3.63, 3.8) is 0 Å². The van der Waals surface area contributed by atoms with E-state index in [1.54, 1.807) is 24.3 Å². The normalized spacial score (nSPS) is 11.1. The number of carboxylic acids is 1. The molecule has 0 aliphatic heterocycles. The van der Waals surface area contributed by atoms with Crippen molar-refractivity contribution in [2.45, 2.75) is 0 Å². The van der Waals surface area contributed by atoms with Crippen LogP contribution in [0.1, 0.15) is 10.6 Å². The fourth-order valence-corrected chi connectivity index (χ4v) is 2.03. The fraction of sp³-hybridized carbons (Fsp3) is 0. The van der Waals surface area contributed by atoms with E-state index in [9.17, 15) is 14.7 Å². The topological polar surface area (TPSA) is 112 Å². The van der Waals surface area contributed by atoms with Crippen molar-refractivity contribution in [3.8, 4) is 5.75 Å². The lowest BCUT2D eigenvalue weighted by atomic mass is 10.1. The van der Waals surface area contributed by atoms with Gasteiger partial charge in [-0.15, -0.1) is 5.11 Å². The summed E-state index contributed by atoms with van der Waals surface area (Å²) >= 11 is 0. The van der Waals surface area contributed by atoms with Gasteiger partial charge in [0.1, 0.15) is 17.0 Å². The van der Waals surface area contributed by atoms with E-state index in [0.29, 0.717) is 5.69 Å². The highest BCUT2D eigenvalue weighted by Gasteiger charge is 2.16.